The number of phenols is 1. The molecule has 0 fully saturated rings. The maximum atomic E-state index is 11.4. The first-order chi connectivity index (χ1) is 6.88. The van der Waals surface area contributed by atoms with E-state index in [0.717, 1.165) is 12.1 Å². The number of aromatic carboxylic acids is 1. The molecule has 0 saturated heterocycles. The van der Waals surface area contributed by atoms with E-state index in [0.29, 0.717) is 0 Å². The van der Waals surface area contributed by atoms with Gasteiger partial charge in [-0.15, -0.1) is 0 Å². The fraction of sp³-hybridized carbons (Fsp3) is 0.222. The predicted octanol–water partition coefficient (Wildman–Crippen LogP) is 0.884. The van der Waals surface area contributed by atoms with Crippen molar-refractivity contribution in [3.63, 3.8) is 0 Å². The van der Waals surface area contributed by atoms with Gasteiger partial charge in [-0.25, -0.2) is 13.2 Å². The normalized spacial score (nSPS) is 11.3. The second-order valence-electron chi connectivity index (χ2n) is 2.89. The molecule has 0 radical (unpaired) electrons. The van der Waals surface area contributed by atoms with E-state index < -0.39 is 27.1 Å². The van der Waals surface area contributed by atoms with Crippen LogP contribution in [0.2, 0.25) is 0 Å². The molecule has 0 aromatic heterocycles. The maximum Gasteiger partial charge on any atom is 0.339 e. The summed E-state index contributed by atoms with van der Waals surface area (Å²) < 4.78 is 22.8. The average Bonchev–Trinajstić information content (AvgIpc) is 2.17. The molecular formula is C9H10O5S. The molecule has 1 rings (SSSR count). The van der Waals surface area contributed by atoms with E-state index in [-0.39, 0.29) is 10.6 Å². The summed E-state index contributed by atoms with van der Waals surface area (Å²) in [6.07, 6.45) is 0. The van der Waals surface area contributed by atoms with Crippen LogP contribution in [0.25, 0.3) is 0 Å². The van der Waals surface area contributed by atoms with Crippen molar-refractivity contribution < 1.29 is 23.4 Å². The van der Waals surface area contributed by atoms with Crippen molar-refractivity contribution >= 4 is 15.8 Å². The van der Waals surface area contributed by atoms with Crippen LogP contribution in [0.1, 0.15) is 17.3 Å². The molecule has 0 unspecified atom stereocenters. The van der Waals surface area contributed by atoms with Crippen LogP contribution in [-0.4, -0.2) is 30.4 Å². The van der Waals surface area contributed by atoms with Crippen molar-refractivity contribution in [3.8, 4) is 5.75 Å². The molecule has 0 amide bonds. The van der Waals surface area contributed by atoms with E-state index in [4.69, 9.17) is 10.2 Å². The highest BCUT2D eigenvalue weighted by atomic mass is 32.2. The van der Waals surface area contributed by atoms with Crippen molar-refractivity contribution in [1.29, 1.82) is 0 Å². The standard InChI is InChI=1S/C9H10O5S/c1-2-15(13,14)6-3-4-8(10)7(5-6)9(11)12/h3-5,10H,2H2,1H3,(H,11,12). The number of rotatable bonds is 3. The summed E-state index contributed by atoms with van der Waals surface area (Å²) in [4.78, 5) is 10.5. The van der Waals surface area contributed by atoms with Gasteiger partial charge in [0.05, 0.1) is 10.6 Å². The smallest absolute Gasteiger partial charge is 0.339 e. The number of hydrogen-bond acceptors (Lipinski definition) is 4. The number of carboxylic acids is 1. The summed E-state index contributed by atoms with van der Waals surface area (Å²) in [5.74, 6) is -1.92. The van der Waals surface area contributed by atoms with Crippen molar-refractivity contribution in [3.05, 3.63) is 23.8 Å². The average molecular weight is 230 g/mol. The lowest BCUT2D eigenvalue weighted by Gasteiger charge is -2.04. The van der Waals surface area contributed by atoms with Crippen LogP contribution in [0, 0.1) is 0 Å². The lowest BCUT2D eigenvalue weighted by molar-refractivity contribution is 0.0693. The maximum absolute atomic E-state index is 11.4. The molecule has 1 aromatic carbocycles. The zero-order valence-corrected chi connectivity index (χ0v) is 8.78. The summed E-state index contributed by atoms with van der Waals surface area (Å²) in [5, 5.41) is 17.8. The number of sulfone groups is 1. The molecule has 15 heavy (non-hydrogen) atoms. The summed E-state index contributed by atoms with van der Waals surface area (Å²) in [5.41, 5.74) is -0.412. The Morgan fingerprint density at radius 3 is 2.47 bits per heavy atom. The Balaban J connectivity index is 3.38. The van der Waals surface area contributed by atoms with Gasteiger partial charge in [0.15, 0.2) is 9.84 Å². The summed E-state index contributed by atoms with van der Waals surface area (Å²) in [7, 11) is -3.45. The van der Waals surface area contributed by atoms with Crippen molar-refractivity contribution in [1.82, 2.24) is 0 Å². The molecule has 1 aromatic rings. The van der Waals surface area contributed by atoms with Crippen LogP contribution in [0.4, 0.5) is 0 Å². The zero-order valence-electron chi connectivity index (χ0n) is 7.97. The van der Waals surface area contributed by atoms with Crippen LogP contribution in [-0.2, 0) is 9.84 Å². The number of aromatic hydroxyl groups is 1. The molecule has 2 N–H and O–H groups in total. The van der Waals surface area contributed by atoms with Gasteiger partial charge in [0.25, 0.3) is 0 Å². The van der Waals surface area contributed by atoms with Crippen molar-refractivity contribution in [2.24, 2.45) is 0 Å². The molecule has 0 spiro atoms. The van der Waals surface area contributed by atoms with Gasteiger partial charge in [-0.05, 0) is 18.2 Å². The van der Waals surface area contributed by atoms with E-state index in [1.54, 1.807) is 0 Å². The fourth-order valence-corrected chi connectivity index (χ4v) is 1.95. The Labute approximate surface area is 86.9 Å². The Hall–Kier alpha value is -1.56. The summed E-state index contributed by atoms with van der Waals surface area (Å²) in [6, 6.07) is 3.20. The highest BCUT2D eigenvalue weighted by Crippen LogP contribution is 2.21. The molecule has 0 heterocycles. The lowest BCUT2D eigenvalue weighted by Crippen LogP contribution is -2.06. The topological polar surface area (TPSA) is 91.7 Å². The highest BCUT2D eigenvalue weighted by Gasteiger charge is 2.16. The van der Waals surface area contributed by atoms with Crippen molar-refractivity contribution in [2.45, 2.75) is 11.8 Å². The van der Waals surface area contributed by atoms with Crippen molar-refractivity contribution in [2.75, 3.05) is 5.75 Å². The van der Waals surface area contributed by atoms with Crippen LogP contribution in [0.15, 0.2) is 23.1 Å². The van der Waals surface area contributed by atoms with E-state index in [1.807, 2.05) is 0 Å². The van der Waals surface area contributed by atoms with Crippen LogP contribution in [0.5, 0.6) is 5.75 Å². The number of hydrogen-bond donors (Lipinski definition) is 2. The highest BCUT2D eigenvalue weighted by molar-refractivity contribution is 7.91. The first-order valence-electron chi connectivity index (χ1n) is 4.17. The molecular weight excluding hydrogens is 220 g/mol. The molecule has 0 atom stereocenters. The molecule has 6 heteroatoms. The molecule has 0 aliphatic heterocycles. The molecule has 0 bridgehead atoms. The summed E-state index contributed by atoms with van der Waals surface area (Å²) in [6.45, 7) is 1.46. The van der Waals surface area contributed by atoms with E-state index in [2.05, 4.69) is 0 Å². The first-order valence-corrected chi connectivity index (χ1v) is 5.82. The van der Waals surface area contributed by atoms with Gasteiger partial charge in [0.1, 0.15) is 11.3 Å². The zero-order chi connectivity index (χ0) is 11.6. The summed E-state index contributed by atoms with van der Waals surface area (Å²) >= 11 is 0. The van der Waals surface area contributed by atoms with E-state index in [1.165, 1.54) is 13.0 Å². The minimum Gasteiger partial charge on any atom is -0.507 e. The van der Waals surface area contributed by atoms with Gasteiger partial charge in [-0.3, -0.25) is 0 Å². The van der Waals surface area contributed by atoms with Gasteiger partial charge in [-0.2, -0.15) is 0 Å². The largest absolute Gasteiger partial charge is 0.507 e. The van der Waals surface area contributed by atoms with Gasteiger partial charge in [0, 0.05) is 0 Å². The third-order valence-electron chi connectivity index (χ3n) is 1.94. The van der Waals surface area contributed by atoms with Crippen LogP contribution < -0.4 is 0 Å². The van der Waals surface area contributed by atoms with Gasteiger partial charge in [0.2, 0.25) is 0 Å². The third kappa shape index (κ3) is 2.27. The Morgan fingerprint density at radius 2 is 2.00 bits per heavy atom. The second-order valence-corrected chi connectivity index (χ2v) is 5.17. The van der Waals surface area contributed by atoms with Gasteiger partial charge < -0.3 is 10.2 Å². The monoisotopic (exact) mass is 230 g/mol. The van der Waals surface area contributed by atoms with Gasteiger partial charge >= 0.3 is 5.97 Å². The first kappa shape index (κ1) is 11.5. The SMILES string of the molecule is CCS(=O)(=O)c1ccc(O)c(C(=O)O)c1. The Kier molecular flexibility index (Phi) is 2.99. The molecule has 0 aliphatic carbocycles. The molecule has 5 nitrogen and oxygen atoms in total. The molecule has 0 aliphatic rings. The van der Waals surface area contributed by atoms with Gasteiger partial charge in [-0.1, -0.05) is 6.92 Å². The number of carboxylic acid groups (broad SMARTS) is 1. The van der Waals surface area contributed by atoms with Crippen LogP contribution in [0.3, 0.4) is 0 Å². The molecule has 82 valence electrons. The quantitative estimate of drug-likeness (QED) is 0.804. The fourth-order valence-electron chi connectivity index (χ4n) is 1.05. The Bertz CT molecular complexity index is 489. The Morgan fingerprint density at radius 1 is 1.40 bits per heavy atom. The minimum atomic E-state index is -3.45. The van der Waals surface area contributed by atoms with Crippen LogP contribution >= 0.6 is 0 Å². The second kappa shape index (κ2) is 3.90. The molecule has 0 saturated carbocycles. The minimum absolute atomic E-state index is 0.0970. The third-order valence-corrected chi connectivity index (χ3v) is 3.67. The van der Waals surface area contributed by atoms with E-state index >= 15 is 0 Å². The predicted molar refractivity (Wildman–Crippen MR) is 52.8 cm³/mol. The number of carbonyl (C=O) groups is 1. The number of benzene rings is 1. The lowest BCUT2D eigenvalue weighted by atomic mass is 10.2. The van der Waals surface area contributed by atoms with E-state index in [9.17, 15) is 13.2 Å².